The Morgan fingerprint density at radius 1 is 1.23 bits per heavy atom. The topological polar surface area (TPSA) is 75.7 Å². The first-order chi connectivity index (χ1) is 11.9. The van der Waals surface area contributed by atoms with Gasteiger partial charge in [0, 0.05) is 19.6 Å². The molecule has 1 rings (SSSR count). The van der Waals surface area contributed by atoms with Crippen molar-refractivity contribution in [2.24, 2.45) is 0 Å². The quantitative estimate of drug-likeness (QED) is 0.664. The number of carbonyl (C=O) groups excluding carboxylic acids is 1. The first-order valence-electron chi connectivity index (χ1n) is 8.95. The van der Waals surface area contributed by atoms with Gasteiger partial charge in [0.05, 0.1) is 6.26 Å². The molecule has 1 aromatic rings. The summed E-state index contributed by atoms with van der Waals surface area (Å²) in [5, 5.41) is 2.78. The minimum absolute atomic E-state index is 0.0693. The highest BCUT2D eigenvalue weighted by Gasteiger charge is 2.17. The molecule has 148 valence electrons. The Hall–Kier alpha value is -1.60. The molecule has 0 bridgehead atoms. The van der Waals surface area contributed by atoms with Gasteiger partial charge in [0.1, 0.15) is 5.75 Å². The summed E-state index contributed by atoms with van der Waals surface area (Å²) in [6.45, 7) is 11.1. The zero-order chi connectivity index (χ0) is 20.0. The van der Waals surface area contributed by atoms with Crippen LogP contribution >= 0.6 is 0 Å². The number of amides is 1. The summed E-state index contributed by atoms with van der Waals surface area (Å²) in [7, 11) is -3.19. The summed E-state index contributed by atoms with van der Waals surface area (Å²) in [6, 6.07) is 7.75. The molecule has 1 unspecified atom stereocenters. The molecule has 0 fully saturated rings. The molecule has 1 aromatic carbocycles. The minimum atomic E-state index is -3.19. The van der Waals surface area contributed by atoms with Crippen molar-refractivity contribution in [1.82, 2.24) is 9.62 Å². The lowest BCUT2D eigenvalue weighted by molar-refractivity contribution is -0.127. The largest absolute Gasteiger partial charge is 0.481 e. The fourth-order valence-electron chi connectivity index (χ4n) is 2.46. The highest BCUT2D eigenvalue weighted by atomic mass is 32.2. The van der Waals surface area contributed by atoms with Gasteiger partial charge in [0.2, 0.25) is 10.0 Å². The summed E-state index contributed by atoms with van der Waals surface area (Å²) in [5.41, 5.74) is 1.27. The molecule has 0 aliphatic rings. The second kappa shape index (κ2) is 9.37. The highest BCUT2D eigenvalue weighted by molar-refractivity contribution is 7.88. The van der Waals surface area contributed by atoms with E-state index in [1.807, 2.05) is 24.3 Å². The zero-order valence-electron chi connectivity index (χ0n) is 16.7. The Bertz CT molecular complexity index is 678. The third-order valence-corrected chi connectivity index (χ3v) is 5.49. The molecule has 0 spiro atoms. The molecule has 0 saturated heterocycles. The van der Waals surface area contributed by atoms with Gasteiger partial charge in [-0.2, -0.15) is 0 Å². The van der Waals surface area contributed by atoms with Crippen molar-refractivity contribution < 1.29 is 17.9 Å². The molecule has 0 aliphatic heterocycles. The molecule has 1 atom stereocenters. The second-order valence-corrected chi connectivity index (χ2v) is 9.42. The van der Waals surface area contributed by atoms with Crippen LogP contribution < -0.4 is 10.1 Å². The van der Waals surface area contributed by atoms with Crippen LogP contribution in [-0.2, 0) is 20.2 Å². The number of ether oxygens (including phenoxy) is 1. The number of hydrogen-bond acceptors (Lipinski definition) is 4. The lowest BCUT2D eigenvalue weighted by atomic mass is 9.87. The van der Waals surface area contributed by atoms with E-state index in [1.54, 1.807) is 13.8 Å². The molecule has 0 saturated carbocycles. The minimum Gasteiger partial charge on any atom is -0.481 e. The SMILES string of the molecule is CCN(CCCNC(=O)C(C)Oc1ccc(C(C)(C)C)cc1)S(C)(=O)=O. The van der Waals surface area contributed by atoms with Gasteiger partial charge in [0.15, 0.2) is 6.10 Å². The molecule has 1 amide bonds. The van der Waals surface area contributed by atoms with Crippen molar-refractivity contribution in [2.45, 2.75) is 52.6 Å². The van der Waals surface area contributed by atoms with E-state index < -0.39 is 16.1 Å². The molecule has 0 aromatic heterocycles. The van der Waals surface area contributed by atoms with Crippen molar-refractivity contribution in [3.05, 3.63) is 29.8 Å². The van der Waals surface area contributed by atoms with Crippen LogP contribution in [0.5, 0.6) is 5.75 Å². The number of carbonyl (C=O) groups is 1. The maximum absolute atomic E-state index is 12.1. The van der Waals surface area contributed by atoms with E-state index in [-0.39, 0.29) is 11.3 Å². The highest BCUT2D eigenvalue weighted by Crippen LogP contribution is 2.24. The van der Waals surface area contributed by atoms with Gasteiger partial charge in [-0.1, -0.05) is 39.8 Å². The predicted octanol–water partition coefficient (Wildman–Crippen LogP) is 2.54. The van der Waals surface area contributed by atoms with Gasteiger partial charge < -0.3 is 10.1 Å². The lowest BCUT2D eigenvalue weighted by Crippen LogP contribution is -2.38. The van der Waals surface area contributed by atoms with E-state index in [0.29, 0.717) is 31.8 Å². The van der Waals surface area contributed by atoms with Crippen LogP contribution in [-0.4, -0.2) is 50.6 Å². The maximum Gasteiger partial charge on any atom is 0.260 e. The molecule has 26 heavy (non-hydrogen) atoms. The summed E-state index contributed by atoms with van der Waals surface area (Å²) < 4.78 is 30.1. The van der Waals surface area contributed by atoms with E-state index in [1.165, 1.54) is 16.1 Å². The molecular formula is C19H32N2O4S. The standard InChI is InChI=1S/C19H32N2O4S/c1-7-21(26(6,23)24)14-8-13-20-18(22)15(2)25-17-11-9-16(10-12-17)19(3,4)5/h9-12,15H,7-8,13-14H2,1-6H3,(H,20,22). The summed E-state index contributed by atoms with van der Waals surface area (Å²) in [4.78, 5) is 12.1. The molecule has 1 N–H and O–H groups in total. The molecule has 0 aliphatic carbocycles. The van der Waals surface area contributed by atoms with Crippen LogP contribution in [0.15, 0.2) is 24.3 Å². The Labute approximate surface area is 158 Å². The Kier molecular flexibility index (Phi) is 8.09. The first kappa shape index (κ1) is 22.4. The van der Waals surface area contributed by atoms with Crippen molar-refractivity contribution in [1.29, 1.82) is 0 Å². The monoisotopic (exact) mass is 384 g/mol. The number of benzene rings is 1. The first-order valence-corrected chi connectivity index (χ1v) is 10.8. The molecule has 7 heteroatoms. The average molecular weight is 385 g/mol. The van der Waals surface area contributed by atoms with E-state index in [9.17, 15) is 13.2 Å². The molecule has 0 radical (unpaired) electrons. The molecule has 6 nitrogen and oxygen atoms in total. The van der Waals surface area contributed by atoms with Crippen LogP contribution in [0.2, 0.25) is 0 Å². The van der Waals surface area contributed by atoms with Crippen LogP contribution in [0.4, 0.5) is 0 Å². The van der Waals surface area contributed by atoms with Gasteiger partial charge in [0.25, 0.3) is 5.91 Å². The van der Waals surface area contributed by atoms with Crippen LogP contribution in [0.1, 0.15) is 46.6 Å². The average Bonchev–Trinajstić information content (AvgIpc) is 2.53. The number of hydrogen-bond donors (Lipinski definition) is 1. The Balaban J connectivity index is 2.43. The number of nitrogens with zero attached hydrogens (tertiary/aromatic N) is 1. The third-order valence-electron chi connectivity index (χ3n) is 4.11. The van der Waals surface area contributed by atoms with Crippen molar-refractivity contribution in [3.8, 4) is 5.75 Å². The van der Waals surface area contributed by atoms with Crippen molar-refractivity contribution in [2.75, 3.05) is 25.9 Å². The number of nitrogens with one attached hydrogen (secondary N) is 1. The molecule has 0 heterocycles. The number of rotatable bonds is 9. The van der Waals surface area contributed by atoms with Crippen LogP contribution in [0.25, 0.3) is 0 Å². The normalized spacial score (nSPS) is 13.5. The van der Waals surface area contributed by atoms with Gasteiger partial charge in [-0.15, -0.1) is 0 Å². The van der Waals surface area contributed by atoms with Gasteiger partial charge in [-0.05, 0) is 36.5 Å². The number of sulfonamides is 1. The fourth-order valence-corrected chi connectivity index (χ4v) is 3.39. The van der Waals surface area contributed by atoms with E-state index >= 15 is 0 Å². The van der Waals surface area contributed by atoms with Crippen LogP contribution in [0.3, 0.4) is 0 Å². The van der Waals surface area contributed by atoms with Gasteiger partial charge in [-0.3, -0.25) is 4.79 Å². The van der Waals surface area contributed by atoms with Crippen molar-refractivity contribution >= 4 is 15.9 Å². The molecular weight excluding hydrogens is 352 g/mol. The smallest absolute Gasteiger partial charge is 0.260 e. The third kappa shape index (κ3) is 7.33. The lowest BCUT2D eigenvalue weighted by Gasteiger charge is -2.20. The second-order valence-electron chi connectivity index (χ2n) is 7.43. The van der Waals surface area contributed by atoms with Gasteiger partial charge >= 0.3 is 0 Å². The van der Waals surface area contributed by atoms with E-state index in [0.717, 1.165) is 0 Å². The predicted molar refractivity (Wildman–Crippen MR) is 105 cm³/mol. The van der Waals surface area contributed by atoms with Crippen LogP contribution in [0, 0.1) is 0 Å². The summed E-state index contributed by atoms with van der Waals surface area (Å²) in [6.07, 6.45) is 1.13. The van der Waals surface area contributed by atoms with E-state index in [4.69, 9.17) is 4.74 Å². The van der Waals surface area contributed by atoms with E-state index in [2.05, 4.69) is 26.1 Å². The maximum atomic E-state index is 12.1. The fraction of sp³-hybridized carbons (Fsp3) is 0.632. The Morgan fingerprint density at radius 3 is 2.27 bits per heavy atom. The summed E-state index contributed by atoms with van der Waals surface area (Å²) >= 11 is 0. The Morgan fingerprint density at radius 2 is 1.81 bits per heavy atom. The van der Waals surface area contributed by atoms with Crippen molar-refractivity contribution in [3.63, 3.8) is 0 Å². The summed E-state index contributed by atoms with van der Waals surface area (Å²) in [5.74, 6) is 0.433. The zero-order valence-corrected chi connectivity index (χ0v) is 17.5. The van der Waals surface area contributed by atoms with Gasteiger partial charge in [-0.25, -0.2) is 12.7 Å².